The zero-order chi connectivity index (χ0) is 20.3. The molecule has 2 saturated heterocycles. The van der Waals surface area contributed by atoms with Gasteiger partial charge in [-0.15, -0.1) is 0 Å². The van der Waals surface area contributed by atoms with Crippen LogP contribution in [0.3, 0.4) is 0 Å². The van der Waals surface area contributed by atoms with E-state index in [1.807, 2.05) is 49.4 Å². The van der Waals surface area contributed by atoms with Gasteiger partial charge >= 0.3 is 0 Å². The molecule has 2 fully saturated rings. The van der Waals surface area contributed by atoms with Crippen LogP contribution in [-0.4, -0.2) is 60.5 Å². The van der Waals surface area contributed by atoms with Crippen molar-refractivity contribution in [1.82, 2.24) is 10.2 Å². The monoisotopic (exact) mass is 395 g/mol. The molecular formula is C23H29N3O3. The summed E-state index contributed by atoms with van der Waals surface area (Å²) in [5, 5.41) is 13.5. The Balaban J connectivity index is 1.32. The van der Waals surface area contributed by atoms with Crippen LogP contribution in [0.15, 0.2) is 54.6 Å². The molecular weight excluding hydrogens is 366 g/mol. The highest BCUT2D eigenvalue weighted by Gasteiger charge is 2.50. The molecule has 6 heteroatoms. The number of ether oxygens (including phenoxy) is 1. The Labute approximate surface area is 172 Å². The molecule has 2 aliphatic rings. The number of aliphatic hydroxyl groups is 1. The molecule has 0 radical (unpaired) electrons. The van der Waals surface area contributed by atoms with Gasteiger partial charge in [0.1, 0.15) is 24.0 Å². The third-order valence-electron chi connectivity index (χ3n) is 6.08. The molecule has 2 heterocycles. The van der Waals surface area contributed by atoms with Crippen LogP contribution in [0.5, 0.6) is 5.75 Å². The van der Waals surface area contributed by atoms with Gasteiger partial charge in [0.2, 0.25) is 5.91 Å². The Morgan fingerprint density at radius 2 is 1.79 bits per heavy atom. The van der Waals surface area contributed by atoms with E-state index < -0.39 is 11.6 Å². The molecule has 0 aliphatic carbocycles. The van der Waals surface area contributed by atoms with Crippen LogP contribution in [0, 0.1) is 6.92 Å². The minimum absolute atomic E-state index is 0.115. The van der Waals surface area contributed by atoms with Gasteiger partial charge in [-0.25, -0.2) is 0 Å². The molecule has 2 N–H and O–H groups in total. The van der Waals surface area contributed by atoms with Crippen molar-refractivity contribution in [3.05, 3.63) is 60.2 Å². The van der Waals surface area contributed by atoms with Crippen LogP contribution in [0.4, 0.5) is 5.69 Å². The molecule has 0 saturated carbocycles. The third kappa shape index (κ3) is 4.09. The molecule has 0 bridgehead atoms. The molecule has 2 aliphatic heterocycles. The summed E-state index contributed by atoms with van der Waals surface area (Å²) >= 11 is 0. The number of carbonyl (C=O) groups is 1. The average molecular weight is 396 g/mol. The molecule has 6 nitrogen and oxygen atoms in total. The third-order valence-corrected chi connectivity index (χ3v) is 6.08. The lowest BCUT2D eigenvalue weighted by molar-refractivity contribution is -0.125. The zero-order valence-electron chi connectivity index (χ0n) is 16.9. The van der Waals surface area contributed by atoms with E-state index >= 15 is 0 Å². The number of aryl methyl sites for hydroxylation is 1. The summed E-state index contributed by atoms with van der Waals surface area (Å²) in [5.41, 5.74) is 1.65. The summed E-state index contributed by atoms with van der Waals surface area (Å²) in [6.07, 6.45) is 0.935. The minimum Gasteiger partial charge on any atom is -0.491 e. The number of rotatable bonds is 6. The van der Waals surface area contributed by atoms with Gasteiger partial charge in [-0.3, -0.25) is 4.79 Å². The number of anilines is 1. The van der Waals surface area contributed by atoms with Gasteiger partial charge in [0, 0.05) is 25.3 Å². The quantitative estimate of drug-likeness (QED) is 0.785. The Morgan fingerprint density at radius 3 is 2.52 bits per heavy atom. The molecule has 2 aromatic rings. The lowest BCUT2D eigenvalue weighted by atomic mass is 9.85. The summed E-state index contributed by atoms with van der Waals surface area (Å²) in [4.78, 5) is 17.1. The summed E-state index contributed by atoms with van der Waals surface area (Å²) in [7, 11) is 0. The number of hydrogen-bond donors (Lipinski definition) is 2. The SMILES string of the molecule is Cc1ccccc1OCC(O)CN1CCC2(CC1)C(=O)NCN2c1ccccc1. The molecule has 1 spiro atoms. The van der Waals surface area contributed by atoms with Crippen LogP contribution in [-0.2, 0) is 4.79 Å². The van der Waals surface area contributed by atoms with E-state index in [2.05, 4.69) is 27.2 Å². The van der Waals surface area contributed by atoms with Gasteiger partial charge in [-0.1, -0.05) is 36.4 Å². The van der Waals surface area contributed by atoms with E-state index in [1.54, 1.807) is 0 Å². The molecule has 4 rings (SSSR count). The second-order valence-electron chi connectivity index (χ2n) is 7.99. The first-order chi connectivity index (χ1) is 14.1. The number of nitrogens with zero attached hydrogens (tertiary/aromatic N) is 2. The Kier molecular flexibility index (Phi) is 5.74. The van der Waals surface area contributed by atoms with Crippen LogP contribution < -0.4 is 15.0 Å². The fraction of sp³-hybridized carbons (Fsp3) is 0.435. The molecule has 1 unspecified atom stereocenters. The van der Waals surface area contributed by atoms with E-state index in [0.29, 0.717) is 13.2 Å². The number of benzene rings is 2. The van der Waals surface area contributed by atoms with Crippen molar-refractivity contribution in [2.45, 2.75) is 31.4 Å². The average Bonchev–Trinajstić information content (AvgIpc) is 3.05. The number of β-amino-alcohol motifs (C(OH)–C–C–N with tert-alkyl or cyclic N) is 1. The zero-order valence-corrected chi connectivity index (χ0v) is 16.9. The molecule has 1 atom stereocenters. The van der Waals surface area contributed by atoms with Crippen LogP contribution in [0.2, 0.25) is 0 Å². The number of nitrogens with one attached hydrogen (secondary N) is 1. The molecule has 29 heavy (non-hydrogen) atoms. The number of carbonyl (C=O) groups excluding carboxylic acids is 1. The van der Waals surface area contributed by atoms with Crippen molar-refractivity contribution in [3.63, 3.8) is 0 Å². The van der Waals surface area contributed by atoms with E-state index in [9.17, 15) is 9.90 Å². The first-order valence-electron chi connectivity index (χ1n) is 10.3. The topological polar surface area (TPSA) is 65.0 Å². The smallest absolute Gasteiger partial charge is 0.247 e. The number of para-hydroxylation sites is 2. The fourth-order valence-corrected chi connectivity index (χ4v) is 4.39. The maximum absolute atomic E-state index is 12.7. The predicted molar refractivity (Wildman–Crippen MR) is 113 cm³/mol. The van der Waals surface area contributed by atoms with Crippen molar-refractivity contribution in [2.75, 3.05) is 37.8 Å². The lowest BCUT2D eigenvalue weighted by Gasteiger charge is -2.43. The number of piperidine rings is 1. The normalized spacial score (nSPS) is 19.9. The first kappa shape index (κ1) is 19.7. The highest BCUT2D eigenvalue weighted by atomic mass is 16.5. The van der Waals surface area contributed by atoms with Crippen LogP contribution in [0.25, 0.3) is 0 Å². The van der Waals surface area contributed by atoms with Crippen molar-refractivity contribution in [1.29, 1.82) is 0 Å². The summed E-state index contributed by atoms with van der Waals surface area (Å²) in [6, 6.07) is 17.9. The van der Waals surface area contributed by atoms with Gasteiger partial charge in [0.25, 0.3) is 0 Å². The second-order valence-corrected chi connectivity index (χ2v) is 7.99. The number of hydrogen-bond acceptors (Lipinski definition) is 5. The van der Waals surface area contributed by atoms with Crippen molar-refractivity contribution >= 4 is 11.6 Å². The van der Waals surface area contributed by atoms with Gasteiger partial charge < -0.3 is 25.0 Å². The molecule has 154 valence electrons. The number of amides is 1. The predicted octanol–water partition coefficient (Wildman–Crippen LogP) is 2.16. The van der Waals surface area contributed by atoms with Crippen LogP contribution >= 0.6 is 0 Å². The highest BCUT2D eigenvalue weighted by molar-refractivity contribution is 5.93. The maximum atomic E-state index is 12.7. The van der Waals surface area contributed by atoms with Gasteiger partial charge in [-0.05, 0) is 43.5 Å². The Hall–Kier alpha value is -2.57. The van der Waals surface area contributed by atoms with Crippen LogP contribution in [0.1, 0.15) is 18.4 Å². The summed E-state index contributed by atoms with van der Waals surface area (Å²) in [6.45, 7) is 4.92. The fourth-order valence-electron chi connectivity index (χ4n) is 4.39. The van der Waals surface area contributed by atoms with E-state index in [-0.39, 0.29) is 12.5 Å². The molecule has 0 aromatic heterocycles. The van der Waals surface area contributed by atoms with Crippen molar-refractivity contribution < 1.29 is 14.6 Å². The summed E-state index contributed by atoms with van der Waals surface area (Å²) < 4.78 is 5.78. The van der Waals surface area contributed by atoms with E-state index in [1.165, 1.54) is 0 Å². The first-order valence-corrected chi connectivity index (χ1v) is 10.3. The summed E-state index contributed by atoms with van der Waals surface area (Å²) in [5.74, 6) is 0.926. The second kappa shape index (κ2) is 8.43. The highest BCUT2D eigenvalue weighted by Crippen LogP contribution is 2.36. The Morgan fingerprint density at radius 1 is 1.10 bits per heavy atom. The molecule has 2 aromatic carbocycles. The maximum Gasteiger partial charge on any atom is 0.247 e. The molecule has 1 amide bonds. The standard InChI is InChI=1S/C23H29N3O3/c1-18-7-5-6-10-21(18)29-16-20(27)15-25-13-11-23(12-14-25)22(28)24-17-26(23)19-8-3-2-4-9-19/h2-10,20,27H,11-17H2,1H3,(H,24,28). The van der Waals surface area contributed by atoms with Crippen molar-refractivity contribution in [2.24, 2.45) is 0 Å². The minimum atomic E-state index is -0.564. The lowest BCUT2D eigenvalue weighted by Crippen LogP contribution is -2.57. The van der Waals surface area contributed by atoms with E-state index in [0.717, 1.165) is 42.9 Å². The number of aliphatic hydroxyl groups excluding tert-OH is 1. The Bertz CT molecular complexity index is 834. The largest absolute Gasteiger partial charge is 0.491 e. The number of likely N-dealkylation sites (tertiary alicyclic amines) is 1. The van der Waals surface area contributed by atoms with E-state index in [4.69, 9.17) is 4.74 Å². The van der Waals surface area contributed by atoms with Gasteiger partial charge in [-0.2, -0.15) is 0 Å². The van der Waals surface area contributed by atoms with Crippen molar-refractivity contribution in [3.8, 4) is 5.75 Å². The van der Waals surface area contributed by atoms with Gasteiger partial charge in [0.05, 0.1) is 6.67 Å². The van der Waals surface area contributed by atoms with Gasteiger partial charge in [0.15, 0.2) is 0 Å².